The van der Waals surface area contributed by atoms with E-state index in [2.05, 4.69) is 5.32 Å². The van der Waals surface area contributed by atoms with Crippen LogP contribution in [0.4, 0.5) is 0 Å². The molecule has 0 bridgehead atoms. The molecule has 0 radical (unpaired) electrons. The molecule has 34 heavy (non-hydrogen) atoms. The molecule has 174 valence electrons. The Balaban J connectivity index is 1.96. The number of amides is 1. The first-order valence-electron chi connectivity index (χ1n) is 11.0. The molecule has 0 aliphatic heterocycles. The molecule has 6 heteroatoms. The van der Waals surface area contributed by atoms with E-state index in [1.807, 2.05) is 67.6 Å². The zero-order valence-electron chi connectivity index (χ0n) is 19.3. The van der Waals surface area contributed by atoms with Crippen molar-refractivity contribution in [3.63, 3.8) is 0 Å². The average molecular weight is 456 g/mol. The van der Waals surface area contributed by atoms with Crippen molar-refractivity contribution >= 4 is 23.8 Å². The van der Waals surface area contributed by atoms with Gasteiger partial charge in [0, 0.05) is 11.1 Å². The van der Waals surface area contributed by atoms with Crippen LogP contribution < -0.4 is 11.1 Å². The van der Waals surface area contributed by atoms with Crippen LogP contribution in [-0.2, 0) is 16.0 Å². The molecule has 0 saturated heterocycles. The maximum Gasteiger partial charge on any atom is 0.311 e. The number of aryl methyl sites for hydroxylation is 1. The topological polar surface area (TPSA) is 105 Å². The summed E-state index contributed by atoms with van der Waals surface area (Å²) in [7, 11) is 1.33. The predicted molar refractivity (Wildman–Crippen MR) is 135 cm³/mol. The summed E-state index contributed by atoms with van der Waals surface area (Å²) in [5, 5.41) is 10.7. The van der Waals surface area contributed by atoms with Gasteiger partial charge in [0.1, 0.15) is 5.84 Å². The molecule has 0 aromatic heterocycles. The van der Waals surface area contributed by atoms with Crippen molar-refractivity contribution in [2.24, 2.45) is 11.7 Å². The lowest BCUT2D eigenvalue weighted by Crippen LogP contribution is -2.43. The van der Waals surface area contributed by atoms with Crippen LogP contribution >= 0.6 is 0 Å². The second-order valence-electron chi connectivity index (χ2n) is 8.09. The number of esters is 1. The normalized spacial score (nSPS) is 12.6. The summed E-state index contributed by atoms with van der Waals surface area (Å²) in [6.07, 6.45) is 3.99. The molecule has 1 amide bonds. The Bertz CT molecular complexity index is 1190. The van der Waals surface area contributed by atoms with E-state index >= 15 is 0 Å². The Morgan fingerprint density at radius 3 is 2.38 bits per heavy atom. The van der Waals surface area contributed by atoms with Crippen LogP contribution in [-0.4, -0.2) is 30.9 Å². The van der Waals surface area contributed by atoms with E-state index in [4.69, 9.17) is 15.9 Å². The summed E-state index contributed by atoms with van der Waals surface area (Å²) >= 11 is 0. The van der Waals surface area contributed by atoms with E-state index in [1.54, 1.807) is 30.3 Å². The molecular weight excluding hydrogens is 426 g/mol. The van der Waals surface area contributed by atoms with Gasteiger partial charge in [-0.2, -0.15) is 0 Å². The Kier molecular flexibility index (Phi) is 8.35. The fraction of sp³-hybridized carbons (Fsp3) is 0.179. The highest BCUT2D eigenvalue weighted by Gasteiger charge is 2.29. The highest BCUT2D eigenvalue weighted by atomic mass is 16.5. The summed E-state index contributed by atoms with van der Waals surface area (Å²) in [5.41, 5.74) is 9.44. The van der Waals surface area contributed by atoms with Crippen LogP contribution in [0.3, 0.4) is 0 Å². The molecule has 0 saturated carbocycles. The predicted octanol–water partition coefficient (Wildman–Crippen LogP) is 4.12. The molecule has 3 aromatic carbocycles. The first kappa shape index (κ1) is 24.5. The molecule has 3 rings (SSSR count). The zero-order chi connectivity index (χ0) is 24.5. The summed E-state index contributed by atoms with van der Waals surface area (Å²) in [4.78, 5) is 26.0. The molecule has 0 heterocycles. The number of ether oxygens (including phenoxy) is 1. The van der Waals surface area contributed by atoms with Gasteiger partial charge in [-0.1, -0.05) is 78.4 Å². The maximum atomic E-state index is 13.1. The molecule has 4 N–H and O–H groups in total. The number of nitrogens with two attached hydrogens (primary N) is 1. The lowest BCUT2D eigenvalue weighted by atomic mass is 9.90. The lowest BCUT2D eigenvalue weighted by Gasteiger charge is -2.24. The third-order valence-corrected chi connectivity index (χ3v) is 5.50. The highest BCUT2D eigenvalue weighted by Crippen LogP contribution is 2.19. The molecule has 0 spiro atoms. The van der Waals surface area contributed by atoms with Crippen LogP contribution in [0.15, 0.2) is 84.9 Å². The number of nitrogens with one attached hydrogen (secondary N) is 2. The zero-order valence-corrected chi connectivity index (χ0v) is 19.3. The molecule has 0 unspecified atom stereocenters. The van der Waals surface area contributed by atoms with Crippen LogP contribution in [0.5, 0.6) is 0 Å². The number of hydrogen-bond acceptors (Lipinski definition) is 4. The molecule has 0 aliphatic rings. The number of nitrogen functional groups attached to an aromatic ring is 1. The summed E-state index contributed by atoms with van der Waals surface area (Å²) < 4.78 is 5.11. The van der Waals surface area contributed by atoms with Gasteiger partial charge in [-0.15, -0.1) is 0 Å². The van der Waals surface area contributed by atoms with E-state index in [1.165, 1.54) is 7.11 Å². The third kappa shape index (κ3) is 6.65. The van der Waals surface area contributed by atoms with Gasteiger partial charge in [0.25, 0.3) is 5.91 Å². The number of amidine groups is 1. The Labute approximate surface area is 200 Å². The van der Waals surface area contributed by atoms with E-state index in [9.17, 15) is 9.59 Å². The number of carbonyl (C=O) groups excluding carboxylic acids is 2. The first-order valence-corrected chi connectivity index (χ1v) is 11.0. The van der Waals surface area contributed by atoms with Crippen molar-refractivity contribution in [2.75, 3.05) is 7.11 Å². The van der Waals surface area contributed by atoms with Crippen molar-refractivity contribution in [3.8, 4) is 0 Å². The molecule has 2 atom stereocenters. The van der Waals surface area contributed by atoms with Gasteiger partial charge in [-0.3, -0.25) is 15.0 Å². The van der Waals surface area contributed by atoms with Crippen molar-refractivity contribution in [1.82, 2.24) is 5.32 Å². The van der Waals surface area contributed by atoms with Gasteiger partial charge in [0.2, 0.25) is 0 Å². The Morgan fingerprint density at radius 1 is 1.00 bits per heavy atom. The van der Waals surface area contributed by atoms with Crippen molar-refractivity contribution in [3.05, 3.63) is 113 Å². The number of hydrogen-bond donors (Lipinski definition) is 3. The second kappa shape index (κ2) is 11.6. The van der Waals surface area contributed by atoms with Crippen LogP contribution in [0, 0.1) is 18.3 Å². The summed E-state index contributed by atoms with van der Waals surface area (Å²) in [6, 6.07) is 23.5. The van der Waals surface area contributed by atoms with E-state index in [0.717, 1.165) is 16.7 Å². The fourth-order valence-corrected chi connectivity index (χ4v) is 3.71. The summed E-state index contributed by atoms with van der Waals surface area (Å²) in [5.74, 6) is -1.47. The van der Waals surface area contributed by atoms with Crippen LogP contribution in [0.1, 0.15) is 32.6 Å². The van der Waals surface area contributed by atoms with Gasteiger partial charge >= 0.3 is 5.97 Å². The maximum absolute atomic E-state index is 13.1. The summed E-state index contributed by atoms with van der Waals surface area (Å²) in [6.45, 7) is 1.92. The molecule has 0 aliphatic carbocycles. The number of methoxy groups -OCH3 is 1. The van der Waals surface area contributed by atoms with Gasteiger partial charge < -0.3 is 15.8 Å². The highest BCUT2D eigenvalue weighted by molar-refractivity contribution is 5.95. The van der Waals surface area contributed by atoms with Gasteiger partial charge in [0.05, 0.1) is 19.1 Å². The number of benzene rings is 3. The standard InChI is InChI=1S/C28H29N3O3/c1-19-8-6-13-23(16-19)27(32)31-25(15-14-20-9-4-3-5-10-20)24(28(33)34-2)18-21-11-7-12-22(17-21)26(29)30/h3-17,24-25H,18H2,1-2H3,(H3,29,30)(H,31,32)/b15-14+/t24-,25-/m1/s1. The number of rotatable bonds is 9. The number of carbonyl (C=O) groups is 2. The Hall–Kier alpha value is -4.19. The minimum Gasteiger partial charge on any atom is -0.469 e. The third-order valence-electron chi connectivity index (χ3n) is 5.50. The van der Waals surface area contributed by atoms with Crippen molar-refractivity contribution < 1.29 is 14.3 Å². The van der Waals surface area contributed by atoms with Gasteiger partial charge in [-0.05, 0) is 42.7 Å². The minimum atomic E-state index is -0.694. The fourth-order valence-electron chi connectivity index (χ4n) is 3.71. The van der Waals surface area contributed by atoms with Crippen LogP contribution in [0.25, 0.3) is 6.08 Å². The van der Waals surface area contributed by atoms with Gasteiger partial charge in [-0.25, -0.2) is 0 Å². The van der Waals surface area contributed by atoms with Crippen LogP contribution in [0.2, 0.25) is 0 Å². The largest absolute Gasteiger partial charge is 0.469 e. The second-order valence-corrected chi connectivity index (χ2v) is 8.09. The van der Waals surface area contributed by atoms with E-state index in [-0.39, 0.29) is 11.7 Å². The smallest absolute Gasteiger partial charge is 0.311 e. The van der Waals surface area contributed by atoms with Gasteiger partial charge in [0.15, 0.2) is 0 Å². The lowest BCUT2D eigenvalue weighted by molar-refractivity contribution is -0.145. The quantitative estimate of drug-likeness (QED) is 0.256. The first-order chi connectivity index (χ1) is 16.4. The molecule has 0 fully saturated rings. The molecule has 6 nitrogen and oxygen atoms in total. The van der Waals surface area contributed by atoms with E-state index < -0.39 is 17.9 Å². The molecule has 3 aromatic rings. The van der Waals surface area contributed by atoms with Crippen molar-refractivity contribution in [1.29, 1.82) is 5.41 Å². The molecular formula is C28H29N3O3. The SMILES string of the molecule is COC(=O)[C@H](Cc1cccc(C(=N)N)c1)[C@@H](/C=C/c1ccccc1)NC(=O)c1cccc(C)c1. The van der Waals surface area contributed by atoms with E-state index in [0.29, 0.717) is 17.5 Å². The monoisotopic (exact) mass is 455 g/mol. The Morgan fingerprint density at radius 2 is 1.71 bits per heavy atom. The average Bonchev–Trinajstić information content (AvgIpc) is 2.85. The van der Waals surface area contributed by atoms with Crippen molar-refractivity contribution in [2.45, 2.75) is 19.4 Å². The minimum absolute atomic E-state index is 0.0512.